The Morgan fingerprint density at radius 2 is 1.73 bits per heavy atom. The monoisotopic (exact) mass is 344 g/mol. The Hall–Kier alpha value is -3.54. The molecule has 0 fully saturated rings. The number of nitrogens with zero attached hydrogens (tertiary/aromatic N) is 4. The average molecular weight is 344 g/mol. The molecule has 2 aromatic heterocycles. The zero-order valence-corrected chi connectivity index (χ0v) is 13.9. The average Bonchev–Trinajstić information content (AvgIpc) is 3.19. The number of aromatic nitrogens is 4. The van der Waals surface area contributed by atoms with E-state index in [9.17, 15) is 5.11 Å². The van der Waals surface area contributed by atoms with E-state index in [-0.39, 0.29) is 11.7 Å². The first-order valence-electron chi connectivity index (χ1n) is 8.24. The van der Waals surface area contributed by atoms with E-state index in [1.165, 1.54) is 0 Å². The fourth-order valence-corrected chi connectivity index (χ4v) is 2.80. The number of rotatable bonds is 5. The summed E-state index contributed by atoms with van der Waals surface area (Å²) in [6, 6.07) is 20.7. The normalized spacial score (nSPS) is 12.0. The lowest BCUT2D eigenvalue weighted by Gasteiger charge is -2.13. The molecule has 6 nitrogen and oxygen atoms in total. The summed E-state index contributed by atoms with van der Waals surface area (Å²) >= 11 is 0. The van der Waals surface area contributed by atoms with E-state index in [1.54, 1.807) is 30.5 Å². The van der Waals surface area contributed by atoms with Crippen LogP contribution in [0.4, 0.5) is 0 Å². The maximum Gasteiger partial charge on any atom is 0.234 e. The molecule has 0 unspecified atom stereocenters. The van der Waals surface area contributed by atoms with Gasteiger partial charge in [-0.3, -0.25) is 0 Å². The number of aromatic hydroxyl groups is 1. The molecule has 1 N–H and O–H groups in total. The maximum atomic E-state index is 9.50. The highest BCUT2D eigenvalue weighted by molar-refractivity contribution is 5.46. The van der Waals surface area contributed by atoms with Crippen molar-refractivity contribution in [3.05, 3.63) is 89.9 Å². The molecule has 0 radical (unpaired) electrons. The topological polar surface area (TPSA) is 84.9 Å². The Morgan fingerprint density at radius 3 is 2.46 bits per heavy atom. The van der Waals surface area contributed by atoms with E-state index < -0.39 is 0 Å². The van der Waals surface area contributed by atoms with Crippen molar-refractivity contribution in [2.45, 2.75) is 12.3 Å². The van der Waals surface area contributed by atoms with Gasteiger partial charge in [-0.15, -0.1) is 5.10 Å². The van der Waals surface area contributed by atoms with Gasteiger partial charge in [0, 0.05) is 6.20 Å². The lowest BCUT2D eigenvalue weighted by atomic mass is 9.92. The largest absolute Gasteiger partial charge is 0.508 e. The smallest absolute Gasteiger partial charge is 0.234 e. The van der Waals surface area contributed by atoms with Gasteiger partial charge in [0.25, 0.3) is 0 Å². The lowest BCUT2D eigenvalue weighted by molar-refractivity contribution is 0.365. The Balaban J connectivity index is 1.69. The minimum atomic E-state index is -0.0985. The van der Waals surface area contributed by atoms with E-state index in [4.69, 9.17) is 4.52 Å². The van der Waals surface area contributed by atoms with Crippen LogP contribution in [0.5, 0.6) is 5.75 Å². The van der Waals surface area contributed by atoms with Crippen LogP contribution in [0.15, 0.2) is 77.4 Å². The van der Waals surface area contributed by atoms with E-state index in [1.807, 2.05) is 42.5 Å². The molecule has 128 valence electrons. The van der Waals surface area contributed by atoms with Crippen molar-refractivity contribution < 1.29 is 9.63 Å². The van der Waals surface area contributed by atoms with Crippen LogP contribution in [-0.2, 0) is 6.42 Å². The van der Waals surface area contributed by atoms with Crippen LogP contribution < -0.4 is 0 Å². The Labute approximate surface area is 150 Å². The van der Waals surface area contributed by atoms with Gasteiger partial charge in [-0.2, -0.15) is 10.1 Å². The van der Waals surface area contributed by atoms with Gasteiger partial charge in [0.05, 0.1) is 5.92 Å². The third kappa shape index (κ3) is 3.44. The number of hydrogen-bond donors (Lipinski definition) is 1. The molecule has 2 aromatic carbocycles. The summed E-state index contributed by atoms with van der Waals surface area (Å²) in [5, 5.41) is 21.4. The second-order valence-electron chi connectivity index (χ2n) is 5.90. The van der Waals surface area contributed by atoms with Crippen LogP contribution in [0.1, 0.15) is 22.9 Å². The molecule has 0 amide bonds. The van der Waals surface area contributed by atoms with Gasteiger partial charge >= 0.3 is 0 Å². The number of benzene rings is 2. The quantitative estimate of drug-likeness (QED) is 0.595. The van der Waals surface area contributed by atoms with Gasteiger partial charge in [-0.05, 0) is 41.8 Å². The molecule has 0 saturated carbocycles. The summed E-state index contributed by atoms with van der Waals surface area (Å²) in [6.45, 7) is 0. The van der Waals surface area contributed by atoms with E-state index in [0.29, 0.717) is 23.8 Å². The predicted molar refractivity (Wildman–Crippen MR) is 95.4 cm³/mol. The molecular weight excluding hydrogens is 328 g/mol. The third-order valence-electron chi connectivity index (χ3n) is 4.12. The Morgan fingerprint density at radius 1 is 0.923 bits per heavy atom. The summed E-state index contributed by atoms with van der Waals surface area (Å²) < 4.78 is 5.55. The van der Waals surface area contributed by atoms with Crippen LogP contribution in [0.2, 0.25) is 0 Å². The summed E-state index contributed by atoms with van der Waals surface area (Å²) in [7, 11) is 0. The van der Waals surface area contributed by atoms with Gasteiger partial charge in [0.1, 0.15) is 11.4 Å². The molecule has 4 rings (SSSR count). The molecule has 6 heteroatoms. The van der Waals surface area contributed by atoms with Gasteiger partial charge < -0.3 is 9.63 Å². The molecule has 1 atom stereocenters. The summed E-state index contributed by atoms with van der Waals surface area (Å²) in [5.74, 6) is 1.08. The number of phenols is 1. The number of phenolic OH excluding ortho intramolecular Hbond substituents is 1. The molecule has 26 heavy (non-hydrogen) atoms. The van der Waals surface area contributed by atoms with Crippen molar-refractivity contribution in [1.29, 1.82) is 0 Å². The zero-order valence-electron chi connectivity index (χ0n) is 13.9. The highest BCUT2D eigenvalue weighted by Crippen LogP contribution is 2.29. The molecule has 0 aliphatic heterocycles. The Kier molecular flexibility index (Phi) is 4.38. The fourth-order valence-electron chi connectivity index (χ4n) is 2.80. The molecular formula is C20H16N4O2. The molecule has 4 aromatic rings. The van der Waals surface area contributed by atoms with Gasteiger partial charge in [-0.1, -0.05) is 47.6 Å². The van der Waals surface area contributed by atoms with E-state index >= 15 is 0 Å². The Bertz CT molecular complexity index is 970. The van der Waals surface area contributed by atoms with Crippen LogP contribution in [0, 0.1) is 0 Å². The molecule has 0 bridgehead atoms. The van der Waals surface area contributed by atoms with E-state index in [0.717, 1.165) is 11.1 Å². The van der Waals surface area contributed by atoms with Crippen LogP contribution >= 0.6 is 0 Å². The third-order valence-corrected chi connectivity index (χ3v) is 4.12. The molecule has 0 saturated heterocycles. The zero-order chi connectivity index (χ0) is 17.8. The maximum absolute atomic E-state index is 9.50. The standard InChI is InChI=1S/C20H16N4O2/c25-16-10-8-14(9-11-16)13-17(15-5-2-1-3-6-15)20-22-19(24-26-20)18-7-4-12-21-23-18/h1-12,17,25H,13H2/t17-/m1/s1. The van der Waals surface area contributed by atoms with Crippen molar-refractivity contribution in [3.63, 3.8) is 0 Å². The second kappa shape index (κ2) is 7.14. The lowest BCUT2D eigenvalue weighted by Crippen LogP contribution is -2.05. The van der Waals surface area contributed by atoms with Crippen LogP contribution in [-0.4, -0.2) is 25.4 Å². The summed E-state index contributed by atoms with van der Waals surface area (Å²) in [4.78, 5) is 4.54. The van der Waals surface area contributed by atoms with Gasteiger partial charge in [0.15, 0.2) is 0 Å². The first-order chi connectivity index (χ1) is 12.8. The highest BCUT2D eigenvalue weighted by atomic mass is 16.5. The minimum absolute atomic E-state index is 0.0985. The first kappa shape index (κ1) is 16.0. The van der Waals surface area contributed by atoms with E-state index in [2.05, 4.69) is 20.3 Å². The molecule has 2 heterocycles. The SMILES string of the molecule is Oc1ccc(C[C@H](c2ccccc2)c2nc(-c3cccnn3)no2)cc1. The van der Waals surface area contributed by atoms with Gasteiger partial charge in [-0.25, -0.2) is 0 Å². The summed E-state index contributed by atoms with van der Waals surface area (Å²) in [6.07, 6.45) is 2.27. The van der Waals surface area contributed by atoms with Crippen molar-refractivity contribution in [1.82, 2.24) is 20.3 Å². The molecule has 0 aliphatic carbocycles. The molecule has 0 aliphatic rings. The first-order valence-corrected chi connectivity index (χ1v) is 8.24. The number of hydrogen-bond acceptors (Lipinski definition) is 6. The van der Waals surface area contributed by atoms with Crippen molar-refractivity contribution >= 4 is 0 Å². The van der Waals surface area contributed by atoms with Crippen molar-refractivity contribution in [2.24, 2.45) is 0 Å². The fraction of sp³-hybridized carbons (Fsp3) is 0.100. The minimum Gasteiger partial charge on any atom is -0.508 e. The van der Waals surface area contributed by atoms with Gasteiger partial charge in [0.2, 0.25) is 11.7 Å². The van der Waals surface area contributed by atoms with Crippen LogP contribution in [0.3, 0.4) is 0 Å². The summed E-state index contributed by atoms with van der Waals surface area (Å²) in [5.41, 5.74) is 2.71. The van der Waals surface area contributed by atoms with Crippen molar-refractivity contribution in [2.75, 3.05) is 0 Å². The van der Waals surface area contributed by atoms with Crippen molar-refractivity contribution in [3.8, 4) is 17.3 Å². The highest BCUT2D eigenvalue weighted by Gasteiger charge is 2.22. The van der Waals surface area contributed by atoms with Crippen LogP contribution in [0.25, 0.3) is 11.5 Å². The predicted octanol–water partition coefficient (Wildman–Crippen LogP) is 3.61. The molecule has 0 spiro atoms. The second-order valence-corrected chi connectivity index (χ2v) is 5.90.